The molecule has 3 aromatic carbocycles. The van der Waals surface area contributed by atoms with Gasteiger partial charge in [0.2, 0.25) is 0 Å². The predicted molar refractivity (Wildman–Crippen MR) is 131 cm³/mol. The first-order valence-corrected chi connectivity index (χ1v) is 10.4. The number of para-hydroxylation sites is 2. The minimum absolute atomic E-state index is 0.132. The maximum Gasteiger partial charge on any atom is 0.262 e. The van der Waals surface area contributed by atoms with Crippen LogP contribution in [0.1, 0.15) is 11.1 Å². The SMILES string of the molecule is COc1cc(/C=N\Nc2ccc3ccccc3n2)ccc1OCC(=O)Nc1ccccc1C. The molecule has 7 heteroatoms. The summed E-state index contributed by atoms with van der Waals surface area (Å²) in [5.74, 6) is 1.38. The molecule has 1 heterocycles. The van der Waals surface area contributed by atoms with Crippen molar-refractivity contribution in [3.05, 3.63) is 90.0 Å². The molecule has 0 unspecified atom stereocenters. The first kappa shape index (κ1) is 21.8. The van der Waals surface area contributed by atoms with E-state index in [-0.39, 0.29) is 12.5 Å². The Balaban J connectivity index is 1.36. The highest BCUT2D eigenvalue weighted by Crippen LogP contribution is 2.27. The second-order valence-corrected chi connectivity index (χ2v) is 7.32. The summed E-state index contributed by atoms with van der Waals surface area (Å²) < 4.78 is 11.1. The minimum atomic E-state index is -0.246. The number of hydrazone groups is 1. The van der Waals surface area contributed by atoms with E-state index in [9.17, 15) is 4.79 Å². The van der Waals surface area contributed by atoms with E-state index in [4.69, 9.17) is 9.47 Å². The number of hydrogen-bond donors (Lipinski definition) is 2. The summed E-state index contributed by atoms with van der Waals surface area (Å²) in [5.41, 5.74) is 6.38. The Morgan fingerprint density at radius 2 is 1.82 bits per heavy atom. The summed E-state index contributed by atoms with van der Waals surface area (Å²) >= 11 is 0. The number of nitrogens with one attached hydrogen (secondary N) is 2. The molecule has 4 aromatic rings. The van der Waals surface area contributed by atoms with E-state index < -0.39 is 0 Å². The molecule has 1 amide bonds. The Kier molecular flexibility index (Phi) is 6.80. The molecule has 4 rings (SSSR count). The topological polar surface area (TPSA) is 84.8 Å². The van der Waals surface area contributed by atoms with Gasteiger partial charge in [-0.3, -0.25) is 10.2 Å². The van der Waals surface area contributed by atoms with Gasteiger partial charge in [-0.1, -0.05) is 36.4 Å². The Hall–Kier alpha value is -4.39. The summed E-state index contributed by atoms with van der Waals surface area (Å²) in [5, 5.41) is 8.17. The van der Waals surface area contributed by atoms with Gasteiger partial charge >= 0.3 is 0 Å². The Morgan fingerprint density at radius 1 is 1.00 bits per heavy atom. The van der Waals surface area contributed by atoms with Crippen molar-refractivity contribution < 1.29 is 14.3 Å². The molecule has 0 aliphatic carbocycles. The fraction of sp³-hybridized carbons (Fsp3) is 0.115. The molecule has 7 nitrogen and oxygen atoms in total. The van der Waals surface area contributed by atoms with Gasteiger partial charge in [0.1, 0.15) is 5.82 Å². The number of fused-ring (bicyclic) bond motifs is 1. The first-order chi connectivity index (χ1) is 16.1. The second kappa shape index (κ2) is 10.3. The van der Waals surface area contributed by atoms with Gasteiger partial charge in [-0.25, -0.2) is 4.98 Å². The molecule has 2 N–H and O–H groups in total. The highest BCUT2D eigenvalue weighted by molar-refractivity contribution is 5.92. The van der Waals surface area contributed by atoms with Crippen molar-refractivity contribution >= 4 is 34.5 Å². The highest BCUT2D eigenvalue weighted by Gasteiger charge is 2.09. The van der Waals surface area contributed by atoms with Crippen LogP contribution in [-0.2, 0) is 4.79 Å². The summed E-state index contributed by atoms with van der Waals surface area (Å²) in [4.78, 5) is 16.8. The third kappa shape index (κ3) is 5.65. The van der Waals surface area contributed by atoms with Crippen molar-refractivity contribution in [3.63, 3.8) is 0 Å². The van der Waals surface area contributed by atoms with Crippen LogP contribution >= 0.6 is 0 Å². The summed E-state index contributed by atoms with van der Waals surface area (Å²) in [7, 11) is 1.55. The Morgan fingerprint density at radius 3 is 2.67 bits per heavy atom. The van der Waals surface area contributed by atoms with Crippen molar-refractivity contribution in [3.8, 4) is 11.5 Å². The van der Waals surface area contributed by atoms with Crippen molar-refractivity contribution in [2.75, 3.05) is 24.5 Å². The maximum atomic E-state index is 12.3. The van der Waals surface area contributed by atoms with Gasteiger partial charge in [-0.05, 0) is 60.5 Å². The normalized spacial score (nSPS) is 10.8. The van der Waals surface area contributed by atoms with Gasteiger partial charge < -0.3 is 14.8 Å². The Labute approximate surface area is 192 Å². The van der Waals surface area contributed by atoms with Crippen molar-refractivity contribution in [2.45, 2.75) is 6.92 Å². The molecular weight excluding hydrogens is 416 g/mol. The van der Waals surface area contributed by atoms with Gasteiger partial charge in [0.05, 0.1) is 18.8 Å². The smallest absolute Gasteiger partial charge is 0.262 e. The average molecular weight is 441 g/mol. The quantitative estimate of drug-likeness (QED) is 0.297. The number of carbonyl (C=O) groups is 1. The summed E-state index contributed by atoms with van der Waals surface area (Å²) in [6.07, 6.45) is 1.66. The molecule has 0 saturated carbocycles. The van der Waals surface area contributed by atoms with Crippen LogP contribution in [0, 0.1) is 6.92 Å². The molecule has 1 aromatic heterocycles. The zero-order valence-corrected chi connectivity index (χ0v) is 18.4. The first-order valence-electron chi connectivity index (χ1n) is 10.4. The second-order valence-electron chi connectivity index (χ2n) is 7.32. The monoisotopic (exact) mass is 440 g/mol. The molecule has 0 saturated heterocycles. The van der Waals surface area contributed by atoms with Crippen molar-refractivity contribution in [1.82, 2.24) is 4.98 Å². The van der Waals surface area contributed by atoms with Gasteiger partial charge in [-0.15, -0.1) is 0 Å². The number of methoxy groups -OCH3 is 1. The van der Waals surface area contributed by atoms with Gasteiger partial charge in [0, 0.05) is 11.1 Å². The fourth-order valence-corrected chi connectivity index (χ4v) is 3.23. The molecule has 0 aliphatic rings. The largest absolute Gasteiger partial charge is 0.493 e. The Bertz CT molecular complexity index is 1300. The van der Waals surface area contributed by atoms with Crippen LogP contribution in [0.3, 0.4) is 0 Å². The van der Waals surface area contributed by atoms with E-state index in [1.54, 1.807) is 25.5 Å². The van der Waals surface area contributed by atoms with E-state index in [2.05, 4.69) is 20.8 Å². The predicted octanol–water partition coefficient (Wildman–Crippen LogP) is 5.02. The van der Waals surface area contributed by atoms with E-state index in [0.717, 1.165) is 27.7 Å². The number of aromatic nitrogens is 1. The summed E-state index contributed by atoms with van der Waals surface area (Å²) in [6.45, 7) is 1.80. The zero-order valence-electron chi connectivity index (χ0n) is 18.4. The molecule has 0 atom stereocenters. The molecule has 0 bridgehead atoms. The number of nitrogens with zero attached hydrogens (tertiary/aromatic N) is 2. The molecule has 0 fully saturated rings. The molecule has 166 valence electrons. The van der Waals surface area contributed by atoms with E-state index >= 15 is 0 Å². The molecule has 33 heavy (non-hydrogen) atoms. The third-order valence-electron chi connectivity index (χ3n) is 4.96. The number of amides is 1. The zero-order chi connectivity index (χ0) is 23.0. The van der Waals surface area contributed by atoms with E-state index in [1.807, 2.05) is 73.7 Å². The fourth-order valence-electron chi connectivity index (χ4n) is 3.23. The number of benzene rings is 3. The average Bonchev–Trinajstić information content (AvgIpc) is 2.84. The molecule has 0 radical (unpaired) electrons. The summed E-state index contributed by atoms with van der Waals surface area (Å²) in [6, 6.07) is 24.7. The van der Waals surface area contributed by atoms with Crippen LogP contribution in [0.5, 0.6) is 11.5 Å². The van der Waals surface area contributed by atoms with E-state index in [1.165, 1.54) is 0 Å². The molecular formula is C26H24N4O3. The lowest BCUT2D eigenvalue weighted by molar-refractivity contribution is -0.118. The van der Waals surface area contributed by atoms with E-state index in [0.29, 0.717) is 17.3 Å². The number of aryl methyl sites for hydroxylation is 1. The van der Waals surface area contributed by atoms with Crippen LogP contribution in [0.25, 0.3) is 10.9 Å². The number of ether oxygens (including phenoxy) is 2. The van der Waals surface area contributed by atoms with Crippen LogP contribution < -0.4 is 20.2 Å². The third-order valence-corrected chi connectivity index (χ3v) is 4.96. The van der Waals surface area contributed by atoms with Gasteiger partial charge in [-0.2, -0.15) is 5.10 Å². The number of carbonyl (C=O) groups excluding carboxylic acids is 1. The van der Waals surface area contributed by atoms with Crippen molar-refractivity contribution in [2.24, 2.45) is 5.10 Å². The number of rotatable bonds is 8. The lowest BCUT2D eigenvalue weighted by Crippen LogP contribution is -2.20. The minimum Gasteiger partial charge on any atom is -0.493 e. The number of anilines is 2. The maximum absolute atomic E-state index is 12.3. The number of pyridine rings is 1. The number of hydrogen-bond acceptors (Lipinski definition) is 6. The molecule has 0 aliphatic heterocycles. The van der Waals surface area contributed by atoms with Gasteiger partial charge in [0.15, 0.2) is 18.1 Å². The lowest BCUT2D eigenvalue weighted by Gasteiger charge is -2.12. The van der Waals surface area contributed by atoms with Crippen LogP contribution in [-0.4, -0.2) is 30.8 Å². The molecule has 0 spiro atoms. The van der Waals surface area contributed by atoms with Crippen LogP contribution in [0.15, 0.2) is 84.0 Å². The standard InChI is InChI=1S/C26H24N4O3/c1-18-7-3-5-9-21(18)29-26(31)17-33-23-13-11-19(15-24(23)32-2)16-27-30-25-14-12-20-8-4-6-10-22(20)28-25/h3-16H,17H2,1-2H3,(H,28,30)(H,29,31)/b27-16-. The van der Waals surface area contributed by atoms with Gasteiger partial charge in [0.25, 0.3) is 5.91 Å². The van der Waals surface area contributed by atoms with Crippen LogP contribution in [0.2, 0.25) is 0 Å². The van der Waals surface area contributed by atoms with Crippen molar-refractivity contribution in [1.29, 1.82) is 0 Å². The highest BCUT2D eigenvalue weighted by atomic mass is 16.5. The van der Waals surface area contributed by atoms with Crippen LogP contribution in [0.4, 0.5) is 11.5 Å². The lowest BCUT2D eigenvalue weighted by atomic mass is 10.2.